The van der Waals surface area contributed by atoms with Crippen LogP contribution in [-0.4, -0.2) is 66.5 Å². The first-order valence-electron chi connectivity index (χ1n) is 19.7. The zero-order valence-electron chi connectivity index (χ0n) is 32.6. The van der Waals surface area contributed by atoms with E-state index in [1.165, 1.54) is 0 Å². The lowest BCUT2D eigenvalue weighted by atomic mass is 9.32. The molecule has 0 radical (unpaired) electrons. The second kappa shape index (κ2) is 13.6. The van der Waals surface area contributed by atoms with Gasteiger partial charge in [-0.05, 0) is 98.6 Å². The van der Waals surface area contributed by atoms with Crippen LogP contribution in [0, 0.1) is 33.5 Å². The molecule has 290 valence electrons. The number of rotatable bonds is 10. The van der Waals surface area contributed by atoms with Crippen molar-refractivity contribution in [2.45, 2.75) is 77.0 Å². The van der Waals surface area contributed by atoms with Gasteiger partial charge in [0.1, 0.15) is 17.2 Å². The van der Waals surface area contributed by atoms with Crippen molar-refractivity contribution in [3.05, 3.63) is 108 Å². The number of aliphatic hydroxyl groups excluding tert-OH is 1. The van der Waals surface area contributed by atoms with E-state index in [9.17, 15) is 19.8 Å². The third-order valence-corrected chi connectivity index (χ3v) is 14.9. The van der Waals surface area contributed by atoms with Crippen LogP contribution >= 0.6 is 0 Å². The predicted octanol–water partition coefficient (Wildman–Crippen LogP) is 8.22. The number of carbonyl (C=O) groups excluding carboxylic acids is 2. The average molecular weight is 747 g/mol. The van der Waals surface area contributed by atoms with Gasteiger partial charge in [0, 0.05) is 44.7 Å². The molecule has 3 aromatic carbocycles. The Morgan fingerprint density at radius 2 is 1.49 bits per heavy atom. The topological polar surface area (TPSA) is 118 Å². The molecule has 0 aliphatic heterocycles. The number of ketones is 1. The smallest absolute Gasteiger partial charge is 0.322 e. The van der Waals surface area contributed by atoms with Gasteiger partial charge in [-0.2, -0.15) is 0 Å². The molecule has 55 heavy (non-hydrogen) atoms. The van der Waals surface area contributed by atoms with E-state index in [-0.39, 0.29) is 42.2 Å². The maximum absolute atomic E-state index is 14.8. The van der Waals surface area contributed by atoms with Crippen LogP contribution in [0.4, 0.5) is 10.5 Å². The van der Waals surface area contributed by atoms with Gasteiger partial charge in [0.2, 0.25) is 0 Å². The van der Waals surface area contributed by atoms with Crippen molar-refractivity contribution in [1.82, 2.24) is 4.90 Å². The van der Waals surface area contributed by atoms with E-state index < -0.39 is 27.9 Å². The Balaban J connectivity index is 1.18. The summed E-state index contributed by atoms with van der Waals surface area (Å²) >= 11 is 0. The molecule has 9 nitrogen and oxygen atoms in total. The second-order valence-corrected chi connectivity index (χ2v) is 17.2. The maximum atomic E-state index is 14.8. The summed E-state index contributed by atoms with van der Waals surface area (Å²) < 4.78 is 16.5. The molecule has 2 spiro atoms. The fourth-order valence-electron chi connectivity index (χ4n) is 11.9. The van der Waals surface area contributed by atoms with Crippen LogP contribution < -0.4 is 19.5 Å². The van der Waals surface area contributed by atoms with Gasteiger partial charge >= 0.3 is 6.03 Å². The summed E-state index contributed by atoms with van der Waals surface area (Å²) in [6, 6.07) is 21.9. The third-order valence-electron chi connectivity index (χ3n) is 14.9. The number of Topliss-reactive ketones (excluding diaryl/α,β-unsaturated/α-hetero) is 1. The Morgan fingerprint density at radius 1 is 0.818 bits per heavy atom. The minimum Gasteiger partial charge on any atom is -0.497 e. The Hall–Kier alpha value is -4.60. The highest BCUT2D eigenvalue weighted by Gasteiger charge is 2.74. The number of benzene rings is 3. The standard InChI is InChI=1S/C46H54N2O7/c1-42-20-17-33(49)26-44(42)23-24-46(36(27-44)40(50)30-9-7-6-8-10-30)38(42)18-21-43(2)39(46)19-22-45(43,52)29-48(28-31-11-14-35(54-4)25-37(31)55-5)41(51)47-32-12-15-34(53-3)16-13-32/h6-16,23-25,27,33,38-39,49,52H,17-22,26,28-29H2,1-5H3,(H,47,51)/t33?,38-,39-,42-,43+,44+,45-,46-/m1/s1. The van der Waals surface area contributed by atoms with Crippen LogP contribution in [0.3, 0.4) is 0 Å². The van der Waals surface area contributed by atoms with Gasteiger partial charge in [-0.15, -0.1) is 0 Å². The number of anilines is 1. The number of hydrogen-bond acceptors (Lipinski definition) is 7. The van der Waals surface area contributed by atoms with E-state index in [1.807, 2.05) is 42.5 Å². The fourth-order valence-corrected chi connectivity index (χ4v) is 11.9. The van der Waals surface area contributed by atoms with Gasteiger partial charge in [0.05, 0.1) is 46.1 Å². The molecule has 9 rings (SSSR count). The highest BCUT2D eigenvalue weighted by atomic mass is 16.5. The van der Waals surface area contributed by atoms with E-state index in [2.05, 4.69) is 37.4 Å². The molecule has 0 heterocycles. The summed E-state index contributed by atoms with van der Waals surface area (Å²) in [5.74, 6) is 2.06. The number of nitrogens with zero attached hydrogens (tertiary/aromatic N) is 1. The number of hydrogen-bond donors (Lipinski definition) is 3. The summed E-state index contributed by atoms with van der Waals surface area (Å²) in [5, 5.41) is 27.3. The van der Waals surface area contributed by atoms with E-state index in [0.717, 1.165) is 36.8 Å². The van der Waals surface area contributed by atoms with Crippen molar-refractivity contribution < 1.29 is 34.0 Å². The normalized spacial score (nSPS) is 34.1. The molecule has 3 N–H and O–H groups in total. The van der Waals surface area contributed by atoms with Gasteiger partial charge in [-0.25, -0.2) is 4.79 Å². The first-order valence-corrected chi connectivity index (χ1v) is 19.7. The summed E-state index contributed by atoms with van der Waals surface area (Å²) in [6.45, 7) is 4.86. The van der Waals surface area contributed by atoms with Crippen molar-refractivity contribution in [1.29, 1.82) is 0 Å². The number of methoxy groups -OCH3 is 3. The van der Waals surface area contributed by atoms with E-state index in [1.54, 1.807) is 56.6 Å². The van der Waals surface area contributed by atoms with Crippen molar-refractivity contribution in [3.8, 4) is 17.2 Å². The molecule has 8 atom stereocenters. The predicted molar refractivity (Wildman–Crippen MR) is 211 cm³/mol. The molecule has 6 aliphatic carbocycles. The highest BCUT2D eigenvalue weighted by Crippen LogP contribution is 2.78. The molecular formula is C46H54N2O7. The van der Waals surface area contributed by atoms with Crippen molar-refractivity contribution in [2.24, 2.45) is 33.5 Å². The largest absolute Gasteiger partial charge is 0.497 e. The monoisotopic (exact) mass is 746 g/mol. The van der Waals surface area contributed by atoms with Crippen LogP contribution in [0.15, 0.2) is 96.6 Å². The molecular weight excluding hydrogens is 693 g/mol. The minimum atomic E-state index is -1.27. The quantitative estimate of drug-likeness (QED) is 0.141. The van der Waals surface area contributed by atoms with E-state index in [0.29, 0.717) is 47.8 Å². The van der Waals surface area contributed by atoms with Gasteiger partial charge < -0.3 is 34.6 Å². The lowest BCUT2D eigenvalue weighted by Crippen LogP contribution is -2.67. The van der Waals surface area contributed by atoms with Crippen molar-refractivity contribution in [3.63, 3.8) is 0 Å². The molecule has 3 aromatic rings. The maximum Gasteiger partial charge on any atom is 0.322 e. The van der Waals surface area contributed by atoms with Gasteiger partial charge in [-0.1, -0.05) is 62.4 Å². The molecule has 3 saturated carbocycles. The number of urea groups is 1. The number of nitrogens with one attached hydrogen (secondary N) is 1. The number of carbonyl (C=O) groups is 2. The molecule has 2 bridgehead atoms. The minimum absolute atomic E-state index is 0.0308. The lowest BCUT2D eigenvalue weighted by molar-refractivity contribution is -0.174. The molecule has 6 aliphatic rings. The summed E-state index contributed by atoms with van der Waals surface area (Å²) in [6.07, 6.45) is 11.5. The Kier molecular flexibility index (Phi) is 9.20. The summed E-state index contributed by atoms with van der Waals surface area (Å²) in [4.78, 5) is 30.9. The molecule has 9 heteroatoms. The van der Waals surface area contributed by atoms with E-state index >= 15 is 0 Å². The summed E-state index contributed by atoms with van der Waals surface area (Å²) in [5.41, 5.74) is -0.179. The fraction of sp³-hybridized carbons (Fsp3) is 0.478. The second-order valence-electron chi connectivity index (χ2n) is 17.2. The van der Waals surface area contributed by atoms with Crippen molar-refractivity contribution >= 4 is 17.5 Å². The molecule has 1 unspecified atom stereocenters. The molecule has 0 saturated heterocycles. The Labute approximate surface area is 324 Å². The van der Waals surface area contributed by atoms with Crippen LogP contribution in [0.5, 0.6) is 17.2 Å². The van der Waals surface area contributed by atoms with Crippen LogP contribution in [0.2, 0.25) is 0 Å². The SMILES string of the molecule is COc1ccc(NC(=O)N(Cc2ccc(OC)cc2OC)C[C@]2(O)CC[C@H]3[C@]45C=C[C@@]6(C=C4C(=O)c4ccccc4)CC(O)CC[C@]6(C)[C@H]5CC[C@@]32C)cc1. The lowest BCUT2D eigenvalue weighted by Gasteiger charge is -2.71. The third kappa shape index (κ3) is 5.63. The average Bonchev–Trinajstić information content (AvgIpc) is 3.47. The Bertz CT molecular complexity index is 2030. The Morgan fingerprint density at radius 3 is 2.20 bits per heavy atom. The van der Waals surface area contributed by atoms with Gasteiger partial charge in [0.15, 0.2) is 5.78 Å². The number of aliphatic hydroxyl groups is 2. The van der Waals surface area contributed by atoms with Gasteiger partial charge in [0.25, 0.3) is 0 Å². The zero-order valence-corrected chi connectivity index (χ0v) is 32.6. The van der Waals surface area contributed by atoms with Crippen LogP contribution in [0.25, 0.3) is 0 Å². The first-order chi connectivity index (χ1) is 26.3. The number of amides is 2. The van der Waals surface area contributed by atoms with Crippen LogP contribution in [0.1, 0.15) is 74.7 Å². The zero-order chi connectivity index (χ0) is 38.8. The number of fused-ring (bicyclic) bond motifs is 1. The number of ether oxygens (including phenoxy) is 3. The number of allylic oxidation sites excluding steroid dienone is 4. The van der Waals surface area contributed by atoms with Gasteiger partial charge in [-0.3, -0.25) is 4.79 Å². The van der Waals surface area contributed by atoms with Crippen LogP contribution in [-0.2, 0) is 6.54 Å². The van der Waals surface area contributed by atoms with E-state index in [4.69, 9.17) is 14.2 Å². The molecule has 2 amide bonds. The highest BCUT2D eigenvalue weighted by molar-refractivity contribution is 6.10. The summed E-state index contributed by atoms with van der Waals surface area (Å²) in [7, 11) is 4.80. The molecule has 0 aromatic heterocycles. The van der Waals surface area contributed by atoms with Crippen molar-refractivity contribution in [2.75, 3.05) is 33.2 Å². The first kappa shape index (κ1) is 37.3. The molecule has 3 fully saturated rings.